The minimum absolute atomic E-state index is 0.488. The first kappa shape index (κ1) is 9.96. The van der Waals surface area contributed by atoms with Crippen LogP contribution in [-0.4, -0.2) is 43.3 Å². The lowest BCUT2D eigenvalue weighted by atomic mass is 10.1. The summed E-state index contributed by atoms with van der Waals surface area (Å²) in [5.41, 5.74) is 5.63. The second kappa shape index (κ2) is 4.80. The van der Waals surface area contributed by atoms with Gasteiger partial charge in [-0.3, -0.25) is 4.90 Å². The number of likely N-dealkylation sites (N-methyl/N-ethyl adjacent to an activating group) is 1. The van der Waals surface area contributed by atoms with Crippen molar-refractivity contribution >= 4 is 0 Å². The van der Waals surface area contributed by atoms with E-state index in [0.717, 1.165) is 32.7 Å². The van der Waals surface area contributed by atoms with Crippen molar-refractivity contribution < 1.29 is 4.74 Å². The molecule has 0 aromatic heterocycles. The summed E-state index contributed by atoms with van der Waals surface area (Å²) in [5, 5.41) is 0. The molecule has 3 nitrogen and oxygen atoms in total. The first-order chi connectivity index (χ1) is 5.79. The van der Waals surface area contributed by atoms with Crippen molar-refractivity contribution in [1.82, 2.24) is 4.90 Å². The van der Waals surface area contributed by atoms with Gasteiger partial charge < -0.3 is 10.5 Å². The molecular weight excluding hydrogens is 152 g/mol. The van der Waals surface area contributed by atoms with Crippen molar-refractivity contribution in [3.8, 4) is 0 Å². The molecule has 0 saturated carbocycles. The number of hydrogen-bond donors (Lipinski definition) is 1. The van der Waals surface area contributed by atoms with Gasteiger partial charge in [-0.25, -0.2) is 0 Å². The standard InChI is InChI=1S/C9H20N2O/c1-3-11(8(2)6-10)9-4-5-12-7-9/h8-9H,3-7,10H2,1-2H3. The lowest BCUT2D eigenvalue weighted by molar-refractivity contribution is 0.122. The van der Waals surface area contributed by atoms with Gasteiger partial charge in [-0.15, -0.1) is 0 Å². The summed E-state index contributed by atoms with van der Waals surface area (Å²) in [6.07, 6.45) is 1.16. The van der Waals surface area contributed by atoms with E-state index < -0.39 is 0 Å². The summed E-state index contributed by atoms with van der Waals surface area (Å²) < 4.78 is 5.35. The number of nitrogens with two attached hydrogens (primary N) is 1. The molecule has 0 radical (unpaired) electrons. The van der Waals surface area contributed by atoms with E-state index in [4.69, 9.17) is 10.5 Å². The first-order valence-electron chi connectivity index (χ1n) is 4.83. The molecule has 1 aliphatic rings. The van der Waals surface area contributed by atoms with Crippen molar-refractivity contribution in [1.29, 1.82) is 0 Å². The zero-order chi connectivity index (χ0) is 8.97. The zero-order valence-electron chi connectivity index (χ0n) is 8.12. The molecule has 0 aromatic rings. The van der Waals surface area contributed by atoms with Gasteiger partial charge in [0, 0.05) is 25.2 Å². The smallest absolute Gasteiger partial charge is 0.0622 e. The highest BCUT2D eigenvalue weighted by atomic mass is 16.5. The predicted octanol–water partition coefficient (Wildman–Crippen LogP) is 0.444. The SMILES string of the molecule is CCN(C(C)CN)C1CCOC1. The van der Waals surface area contributed by atoms with Gasteiger partial charge in [0.2, 0.25) is 0 Å². The molecular formula is C9H20N2O. The summed E-state index contributed by atoms with van der Waals surface area (Å²) in [7, 11) is 0. The summed E-state index contributed by atoms with van der Waals surface area (Å²) >= 11 is 0. The highest BCUT2D eigenvalue weighted by molar-refractivity contribution is 4.79. The summed E-state index contributed by atoms with van der Waals surface area (Å²) in [6, 6.07) is 1.09. The third-order valence-electron chi connectivity index (χ3n) is 2.65. The molecule has 2 unspecified atom stereocenters. The van der Waals surface area contributed by atoms with Gasteiger partial charge in [0.25, 0.3) is 0 Å². The van der Waals surface area contributed by atoms with Crippen molar-refractivity contribution in [3.63, 3.8) is 0 Å². The summed E-state index contributed by atoms with van der Waals surface area (Å²) in [6.45, 7) is 7.99. The van der Waals surface area contributed by atoms with Gasteiger partial charge in [0.1, 0.15) is 0 Å². The maximum absolute atomic E-state index is 5.63. The minimum Gasteiger partial charge on any atom is -0.380 e. The lowest BCUT2D eigenvalue weighted by Gasteiger charge is -2.31. The Morgan fingerprint density at radius 1 is 1.67 bits per heavy atom. The second-order valence-corrected chi connectivity index (χ2v) is 3.43. The third-order valence-corrected chi connectivity index (χ3v) is 2.65. The van der Waals surface area contributed by atoms with Crippen LogP contribution in [0.25, 0.3) is 0 Å². The van der Waals surface area contributed by atoms with Crippen LogP contribution in [0.2, 0.25) is 0 Å². The zero-order valence-corrected chi connectivity index (χ0v) is 8.12. The molecule has 1 fully saturated rings. The van der Waals surface area contributed by atoms with E-state index in [0.29, 0.717) is 12.1 Å². The van der Waals surface area contributed by atoms with Gasteiger partial charge in [-0.2, -0.15) is 0 Å². The Kier molecular flexibility index (Phi) is 3.98. The molecule has 1 saturated heterocycles. The van der Waals surface area contributed by atoms with Gasteiger partial charge >= 0.3 is 0 Å². The fourth-order valence-corrected chi connectivity index (χ4v) is 1.85. The second-order valence-electron chi connectivity index (χ2n) is 3.43. The number of rotatable bonds is 4. The molecule has 72 valence electrons. The van der Waals surface area contributed by atoms with Crippen molar-refractivity contribution in [2.45, 2.75) is 32.4 Å². The quantitative estimate of drug-likeness (QED) is 0.669. The molecule has 1 rings (SSSR count). The average Bonchev–Trinajstić information content (AvgIpc) is 2.58. The Hall–Kier alpha value is -0.120. The highest BCUT2D eigenvalue weighted by Crippen LogP contribution is 2.14. The lowest BCUT2D eigenvalue weighted by Crippen LogP contribution is -2.45. The van der Waals surface area contributed by atoms with Gasteiger partial charge in [-0.1, -0.05) is 6.92 Å². The van der Waals surface area contributed by atoms with Gasteiger partial charge in [0.05, 0.1) is 6.61 Å². The van der Waals surface area contributed by atoms with Crippen LogP contribution in [0.3, 0.4) is 0 Å². The van der Waals surface area contributed by atoms with E-state index in [-0.39, 0.29) is 0 Å². The molecule has 0 aliphatic carbocycles. The summed E-state index contributed by atoms with van der Waals surface area (Å²) in [5.74, 6) is 0. The molecule has 0 spiro atoms. The van der Waals surface area contributed by atoms with E-state index >= 15 is 0 Å². The van der Waals surface area contributed by atoms with Crippen LogP contribution in [0, 0.1) is 0 Å². The molecule has 2 N–H and O–H groups in total. The van der Waals surface area contributed by atoms with E-state index in [9.17, 15) is 0 Å². The van der Waals surface area contributed by atoms with Crippen LogP contribution >= 0.6 is 0 Å². The third kappa shape index (κ3) is 2.19. The number of ether oxygens (including phenoxy) is 1. The van der Waals surface area contributed by atoms with Crippen LogP contribution in [0.4, 0.5) is 0 Å². The maximum Gasteiger partial charge on any atom is 0.0622 e. The largest absolute Gasteiger partial charge is 0.380 e. The molecule has 12 heavy (non-hydrogen) atoms. The van der Waals surface area contributed by atoms with E-state index in [1.54, 1.807) is 0 Å². The van der Waals surface area contributed by atoms with Crippen molar-refractivity contribution in [2.75, 3.05) is 26.3 Å². The fraction of sp³-hybridized carbons (Fsp3) is 1.00. The molecule has 2 atom stereocenters. The van der Waals surface area contributed by atoms with Crippen LogP contribution in [0.15, 0.2) is 0 Å². The van der Waals surface area contributed by atoms with E-state index in [1.165, 1.54) is 0 Å². The minimum atomic E-state index is 0.488. The molecule has 0 amide bonds. The number of nitrogens with zero attached hydrogens (tertiary/aromatic N) is 1. The molecule has 1 aliphatic heterocycles. The average molecular weight is 172 g/mol. The normalized spacial score (nSPS) is 26.5. The molecule has 0 aromatic carbocycles. The van der Waals surface area contributed by atoms with Crippen LogP contribution in [0.5, 0.6) is 0 Å². The monoisotopic (exact) mass is 172 g/mol. The molecule has 1 heterocycles. The topological polar surface area (TPSA) is 38.5 Å². The van der Waals surface area contributed by atoms with Gasteiger partial charge in [0.15, 0.2) is 0 Å². The van der Waals surface area contributed by atoms with E-state index in [1.807, 2.05) is 0 Å². The summed E-state index contributed by atoms with van der Waals surface area (Å²) in [4.78, 5) is 2.44. The van der Waals surface area contributed by atoms with Crippen LogP contribution in [-0.2, 0) is 4.74 Å². The van der Waals surface area contributed by atoms with E-state index in [2.05, 4.69) is 18.7 Å². The Labute approximate surface area is 74.9 Å². The molecule has 0 bridgehead atoms. The highest BCUT2D eigenvalue weighted by Gasteiger charge is 2.24. The van der Waals surface area contributed by atoms with Crippen LogP contribution < -0.4 is 5.73 Å². The Balaban J connectivity index is 2.42. The van der Waals surface area contributed by atoms with Crippen molar-refractivity contribution in [2.24, 2.45) is 5.73 Å². The maximum atomic E-state index is 5.63. The first-order valence-corrected chi connectivity index (χ1v) is 4.83. The number of hydrogen-bond acceptors (Lipinski definition) is 3. The Morgan fingerprint density at radius 3 is 2.83 bits per heavy atom. The Bertz CT molecular complexity index is 124. The fourth-order valence-electron chi connectivity index (χ4n) is 1.85. The Morgan fingerprint density at radius 2 is 2.42 bits per heavy atom. The van der Waals surface area contributed by atoms with Gasteiger partial charge in [-0.05, 0) is 19.9 Å². The van der Waals surface area contributed by atoms with Crippen LogP contribution in [0.1, 0.15) is 20.3 Å². The predicted molar refractivity (Wildman–Crippen MR) is 50.1 cm³/mol. The van der Waals surface area contributed by atoms with Crippen molar-refractivity contribution in [3.05, 3.63) is 0 Å². The molecule has 3 heteroatoms.